The summed E-state index contributed by atoms with van der Waals surface area (Å²) in [5.74, 6) is 0.729. The van der Waals surface area contributed by atoms with Gasteiger partial charge in [-0.2, -0.15) is 11.8 Å². The van der Waals surface area contributed by atoms with E-state index in [2.05, 4.69) is 20.1 Å². The molecule has 86 valence electrons. The van der Waals surface area contributed by atoms with E-state index in [4.69, 9.17) is 4.74 Å². The second-order valence-corrected chi connectivity index (χ2v) is 5.51. The van der Waals surface area contributed by atoms with E-state index in [1.54, 1.807) is 18.0 Å². The maximum absolute atomic E-state index is 11.8. The zero-order chi connectivity index (χ0) is 11.6. The molecule has 3 atom stereocenters. The molecular formula is C12H20O2S. The average Bonchev–Trinajstić information content (AvgIpc) is 2.18. The molecule has 1 aliphatic rings. The fraction of sp³-hybridized carbons (Fsp3) is 0.750. The molecule has 0 bridgehead atoms. The lowest BCUT2D eigenvalue weighted by molar-refractivity contribution is -0.124. The zero-order valence-electron chi connectivity index (χ0n) is 10.1. The van der Waals surface area contributed by atoms with E-state index < -0.39 is 0 Å². The molecule has 0 unspecified atom stereocenters. The Morgan fingerprint density at radius 3 is 2.53 bits per heavy atom. The van der Waals surface area contributed by atoms with Crippen molar-refractivity contribution in [3.63, 3.8) is 0 Å². The standard InChI is InChI=1S/C12H20O2S/c1-7(2)12(15-5)11-9(4)10(13)8(3)6-14-11/h6-7,9,11-12H,1-5H3/t9-,11+,12-/m0/s1. The normalized spacial score (nSPS) is 28.7. The van der Waals surface area contributed by atoms with Crippen LogP contribution in [0.4, 0.5) is 0 Å². The molecule has 0 saturated heterocycles. The summed E-state index contributed by atoms with van der Waals surface area (Å²) in [7, 11) is 0. The van der Waals surface area contributed by atoms with Gasteiger partial charge in [-0.25, -0.2) is 0 Å². The van der Waals surface area contributed by atoms with E-state index in [1.165, 1.54) is 0 Å². The Kier molecular flexibility index (Phi) is 4.26. The van der Waals surface area contributed by atoms with Gasteiger partial charge in [0.05, 0.1) is 12.2 Å². The highest BCUT2D eigenvalue weighted by Crippen LogP contribution is 2.31. The van der Waals surface area contributed by atoms with Crippen molar-refractivity contribution in [3.8, 4) is 0 Å². The molecule has 15 heavy (non-hydrogen) atoms. The maximum atomic E-state index is 11.8. The predicted octanol–water partition coefficient (Wildman–Crippen LogP) is 2.88. The van der Waals surface area contributed by atoms with E-state index in [-0.39, 0.29) is 17.8 Å². The summed E-state index contributed by atoms with van der Waals surface area (Å²) < 4.78 is 5.68. The molecular weight excluding hydrogens is 208 g/mol. The smallest absolute Gasteiger partial charge is 0.168 e. The molecule has 1 heterocycles. The Labute approximate surface area is 96.5 Å². The van der Waals surface area contributed by atoms with Crippen molar-refractivity contribution in [1.29, 1.82) is 0 Å². The Bertz CT molecular complexity index is 271. The lowest BCUT2D eigenvalue weighted by Gasteiger charge is -2.34. The van der Waals surface area contributed by atoms with Crippen LogP contribution in [0.25, 0.3) is 0 Å². The Morgan fingerprint density at radius 1 is 1.47 bits per heavy atom. The summed E-state index contributed by atoms with van der Waals surface area (Å²) in [5.41, 5.74) is 0.738. The molecule has 0 radical (unpaired) electrons. The number of hydrogen-bond donors (Lipinski definition) is 0. The lowest BCUT2D eigenvalue weighted by Crippen LogP contribution is -2.41. The number of allylic oxidation sites excluding steroid dienone is 1. The number of Topliss-reactive ketones (excluding diaryl/α,β-unsaturated/α-hetero) is 1. The average molecular weight is 228 g/mol. The monoisotopic (exact) mass is 228 g/mol. The summed E-state index contributed by atoms with van der Waals surface area (Å²) in [4.78, 5) is 11.8. The van der Waals surface area contributed by atoms with Crippen LogP contribution in [0.3, 0.4) is 0 Å². The fourth-order valence-corrected chi connectivity index (χ4v) is 3.12. The second kappa shape index (κ2) is 5.06. The van der Waals surface area contributed by atoms with Crippen LogP contribution in [-0.2, 0) is 9.53 Å². The number of hydrogen-bond acceptors (Lipinski definition) is 3. The van der Waals surface area contributed by atoms with Crippen LogP contribution in [0.15, 0.2) is 11.8 Å². The van der Waals surface area contributed by atoms with E-state index in [1.807, 2.05) is 13.8 Å². The summed E-state index contributed by atoms with van der Waals surface area (Å²) in [5, 5.41) is 0.383. The van der Waals surface area contributed by atoms with Crippen molar-refractivity contribution in [1.82, 2.24) is 0 Å². The van der Waals surface area contributed by atoms with Crippen molar-refractivity contribution in [2.45, 2.75) is 39.0 Å². The van der Waals surface area contributed by atoms with Crippen LogP contribution < -0.4 is 0 Å². The molecule has 1 rings (SSSR count). The molecule has 0 saturated carbocycles. The summed E-state index contributed by atoms with van der Waals surface area (Å²) >= 11 is 1.79. The van der Waals surface area contributed by atoms with Gasteiger partial charge < -0.3 is 4.74 Å². The molecule has 0 aromatic heterocycles. The topological polar surface area (TPSA) is 26.3 Å². The molecule has 0 spiro atoms. The maximum Gasteiger partial charge on any atom is 0.168 e. The summed E-state index contributed by atoms with van der Waals surface area (Å²) in [6, 6.07) is 0. The van der Waals surface area contributed by atoms with Gasteiger partial charge in [-0.05, 0) is 19.1 Å². The van der Waals surface area contributed by atoms with Crippen molar-refractivity contribution in [2.24, 2.45) is 11.8 Å². The first-order chi connectivity index (χ1) is 6.99. The van der Waals surface area contributed by atoms with Gasteiger partial charge in [0.1, 0.15) is 6.10 Å². The molecule has 0 aromatic rings. The van der Waals surface area contributed by atoms with Crippen molar-refractivity contribution >= 4 is 17.5 Å². The van der Waals surface area contributed by atoms with Crippen LogP contribution in [0.1, 0.15) is 27.7 Å². The predicted molar refractivity (Wildman–Crippen MR) is 64.9 cm³/mol. The zero-order valence-corrected chi connectivity index (χ0v) is 10.9. The van der Waals surface area contributed by atoms with Crippen molar-refractivity contribution < 1.29 is 9.53 Å². The van der Waals surface area contributed by atoms with Gasteiger partial charge in [0.2, 0.25) is 0 Å². The summed E-state index contributed by atoms with van der Waals surface area (Å²) in [6.45, 7) is 8.13. The van der Waals surface area contributed by atoms with Crippen LogP contribution in [-0.4, -0.2) is 23.4 Å². The molecule has 3 heteroatoms. The van der Waals surface area contributed by atoms with Crippen LogP contribution in [0, 0.1) is 11.8 Å². The minimum absolute atomic E-state index is 0.0187. The number of carbonyl (C=O) groups excluding carboxylic acids is 1. The van der Waals surface area contributed by atoms with Gasteiger partial charge in [-0.1, -0.05) is 20.8 Å². The highest BCUT2D eigenvalue weighted by Gasteiger charge is 2.36. The van der Waals surface area contributed by atoms with Crippen molar-refractivity contribution in [2.75, 3.05) is 6.26 Å². The van der Waals surface area contributed by atoms with E-state index >= 15 is 0 Å². The Morgan fingerprint density at radius 2 is 2.07 bits per heavy atom. The van der Waals surface area contributed by atoms with Gasteiger partial charge in [0, 0.05) is 10.8 Å². The first-order valence-electron chi connectivity index (χ1n) is 5.38. The number of rotatable bonds is 3. The third kappa shape index (κ3) is 2.57. The Balaban J connectivity index is 2.84. The quantitative estimate of drug-likeness (QED) is 0.743. The van der Waals surface area contributed by atoms with Crippen LogP contribution in [0.5, 0.6) is 0 Å². The van der Waals surface area contributed by atoms with Crippen LogP contribution in [0.2, 0.25) is 0 Å². The van der Waals surface area contributed by atoms with Gasteiger partial charge in [0.25, 0.3) is 0 Å². The molecule has 0 aliphatic carbocycles. The summed E-state index contributed by atoms with van der Waals surface area (Å²) in [6.07, 6.45) is 3.73. The third-order valence-corrected chi connectivity index (χ3v) is 4.31. The molecule has 1 aliphatic heterocycles. The molecule has 0 N–H and O–H groups in total. The highest BCUT2D eigenvalue weighted by molar-refractivity contribution is 7.99. The SMILES string of the molecule is CS[C@@H](C(C)C)[C@@H]1OC=C(C)C(=O)[C@@H]1C. The third-order valence-electron chi connectivity index (χ3n) is 2.95. The van der Waals surface area contributed by atoms with Crippen LogP contribution >= 0.6 is 11.8 Å². The molecule has 0 fully saturated rings. The number of thioether (sulfide) groups is 1. The number of ketones is 1. The minimum atomic E-state index is -0.0187. The second-order valence-electron chi connectivity index (χ2n) is 4.50. The molecule has 0 aromatic carbocycles. The minimum Gasteiger partial charge on any atom is -0.496 e. The van der Waals surface area contributed by atoms with Gasteiger partial charge in [0.15, 0.2) is 5.78 Å². The van der Waals surface area contributed by atoms with E-state index in [0.717, 1.165) is 5.57 Å². The van der Waals surface area contributed by atoms with Gasteiger partial charge in [-0.15, -0.1) is 0 Å². The first kappa shape index (κ1) is 12.6. The largest absolute Gasteiger partial charge is 0.496 e. The first-order valence-corrected chi connectivity index (χ1v) is 6.67. The van der Waals surface area contributed by atoms with E-state index in [9.17, 15) is 4.79 Å². The lowest BCUT2D eigenvalue weighted by atomic mass is 9.88. The van der Waals surface area contributed by atoms with E-state index in [0.29, 0.717) is 11.2 Å². The Hall–Kier alpha value is -0.440. The molecule has 2 nitrogen and oxygen atoms in total. The number of carbonyl (C=O) groups is 1. The van der Waals surface area contributed by atoms with Crippen molar-refractivity contribution in [3.05, 3.63) is 11.8 Å². The number of ether oxygens (including phenoxy) is 1. The fourth-order valence-electron chi connectivity index (χ4n) is 2.01. The van der Waals surface area contributed by atoms with Gasteiger partial charge >= 0.3 is 0 Å². The van der Waals surface area contributed by atoms with Gasteiger partial charge in [-0.3, -0.25) is 4.79 Å². The molecule has 0 amide bonds. The highest BCUT2D eigenvalue weighted by atomic mass is 32.2.